The van der Waals surface area contributed by atoms with E-state index in [1.54, 1.807) is 54.5 Å². The second-order valence-electron chi connectivity index (χ2n) is 23.1. The minimum atomic E-state index is -1.11. The van der Waals surface area contributed by atoms with Gasteiger partial charge in [0.25, 0.3) is 0 Å². The number of amidine groups is 6. The molecular weight excluding hydrogens is 1520 g/mol. The zero-order chi connectivity index (χ0) is 85.5. The highest BCUT2D eigenvalue weighted by Gasteiger charge is 2.22. The summed E-state index contributed by atoms with van der Waals surface area (Å²) in [4.78, 5) is 136. The summed E-state index contributed by atoms with van der Waals surface area (Å²) in [6.07, 6.45) is 7.28. The molecule has 2 atom stereocenters. The zero-order valence-corrected chi connectivity index (χ0v) is 63.8. The largest absolute Gasteiger partial charge is 0.460 e. The Labute approximate surface area is 652 Å². The van der Waals surface area contributed by atoms with Gasteiger partial charge in [-0.3, -0.25) is 28.8 Å². The third kappa shape index (κ3) is 42.2. The average Bonchev–Trinajstić information content (AvgIpc) is 1.14. The maximum absolute atomic E-state index is 13.3. The quantitative estimate of drug-likeness (QED) is 0.0113. The summed E-state index contributed by atoms with van der Waals surface area (Å²) in [7, 11) is 0. The van der Waals surface area contributed by atoms with Crippen LogP contribution in [0.2, 0.25) is 0 Å². The van der Waals surface area contributed by atoms with Crippen molar-refractivity contribution in [2.45, 2.75) is 131 Å². The normalized spacial score (nSPS) is 13.6. The number of nitrogens with two attached hydrogens (primary N) is 6. The molecule has 0 aromatic heterocycles. The maximum Gasteiger partial charge on any atom is 0.375 e. The van der Waals surface area contributed by atoms with Crippen molar-refractivity contribution in [3.63, 3.8) is 0 Å². The van der Waals surface area contributed by atoms with Gasteiger partial charge >= 0.3 is 35.8 Å². The van der Waals surface area contributed by atoms with E-state index in [1.165, 1.54) is 62.1 Å². The summed E-state index contributed by atoms with van der Waals surface area (Å²) in [6, 6.07) is 21.8. The molecule has 1 saturated heterocycles. The van der Waals surface area contributed by atoms with Crippen molar-refractivity contribution < 1.29 is 113 Å². The number of hydrogen-bond donors (Lipinski definition) is 12. The number of ether oxygens (including phenoxy) is 7. The number of carbonyl (C=O) groups is 12. The number of nitrogens with one attached hydrogen (secondary N) is 6. The Bertz CT molecular complexity index is 3990. The summed E-state index contributed by atoms with van der Waals surface area (Å²) in [5.41, 5.74) is 44.9. The predicted octanol–water partition coefficient (Wildman–Crippen LogP) is 2.64. The molecule has 6 amide bonds. The van der Waals surface area contributed by atoms with Gasteiger partial charge in [0.1, 0.15) is 17.5 Å². The Hall–Kier alpha value is -13.1. The molecule has 0 bridgehead atoms. The highest BCUT2D eigenvalue weighted by atomic mass is 19.2. The third-order valence-corrected chi connectivity index (χ3v) is 14.5. The molecular formula is C72H97F5N18O19. The second-order valence-corrected chi connectivity index (χ2v) is 23.1. The number of benzene rings is 4. The van der Waals surface area contributed by atoms with Crippen LogP contribution >= 0.6 is 0 Å². The molecule has 0 radical (unpaired) electrons. The van der Waals surface area contributed by atoms with Crippen LogP contribution in [0.3, 0.4) is 0 Å². The second kappa shape index (κ2) is 57.1. The van der Waals surface area contributed by atoms with E-state index in [0.717, 1.165) is 49.6 Å². The van der Waals surface area contributed by atoms with Gasteiger partial charge < -0.3 is 67.6 Å². The van der Waals surface area contributed by atoms with Crippen molar-refractivity contribution in [2.75, 3.05) is 52.9 Å². The molecule has 37 nitrogen and oxygen atoms in total. The van der Waals surface area contributed by atoms with Gasteiger partial charge in [-0.2, -0.15) is 0 Å². The molecule has 4 aromatic rings. The molecule has 6 rings (SSSR count). The van der Waals surface area contributed by atoms with Crippen LogP contribution in [0.1, 0.15) is 134 Å². The van der Waals surface area contributed by atoms with Gasteiger partial charge in [0, 0.05) is 37.2 Å². The standard InChI is InChI=1S/C13H17N3O3.2C12H13F2N3O3.C12H14FN3O3.C12H21N3O3.C11H19N3O4/c1-3-19-13(18)11(14)15-16-12(17)9(2)10-7-5-4-6-8-10;1-2-20-12(19)11(15)17-16-10(18)6-7-8(13)4-3-5-9(7)14;1-2-20-12(19)11(15)17-16-9(18)6-7-4-3-5-8(13)10(7)14;1-2-19-12(18)11(14)16-15-10(17)7-8-5-3-4-6-9(8)13;1-2-18-12(17)11(13)15-14-10(16)8-7-9-5-3-4-6-9;1-2-18-11(16)10(12)14-13-9(15)6-8-4-3-5-17-7-8/h4-9H,3H2,1-2H3,(H2,14,15)(H,16,17);2*3-5H,2,6H2,1H3,(H2,15,17)(H,16,18);3-6H,2,7H2,1H3,(H2,14,16)(H,15,17);9H,2-8H2,1H3,(H2,13,15)(H,14,16);8H,2-7H2,1H3,(H2,12,14)(H,13,15). The molecule has 18 N–H and O–H groups in total. The lowest BCUT2D eigenvalue weighted by Gasteiger charge is -2.20. The number of hydrazone groups is 6. The molecule has 4 aromatic carbocycles. The van der Waals surface area contributed by atoms with E-state index in [0.29, 0.717) is 25.4 Å². The first kappa shape index (κ1) is 99.0. The van der Waals surface area contributed by atoms with Gasteiger partial charge in [-0.1, -0.05) is 92.4 Å². The lowest BCUT2D eigenvalue weighted by Crippen LogP contribution is -2.32. The van der Waals surface area contributed by atoms with Crippen molar-refractivity contribution in [1.29, 1.82) is 0 Å². The molecule has 1 aliphatic carbocycles. The monoisotopic (exact) mass is 1610 g/mol. The van der Waals surface area contributed by atoms with Crippen LogP contribution in [0.25, 0.3) is 0 Å². The van der Waals surface area contributed by atoms with Crippen LogP contribution in [0.4, 0.5) is 22.0 Å². The molecule has 1 aliphatic heterocycles. The molecule has 2 fully saturated rings. The van der Waals surface area contributed by atoms with Crippen LogP contribution in [-0.4, -0.2) is 159 Å². The molecule has 1 heterocycles. The highest BCUT2D eigenvalue weighted by Crippen LogP contribution is 2.28. The van der Waals surface area contributed by atoms with Gasteiger partial charge in [-0.25, -0.2) is 83.3 Å². The smallest absolute Gasteiger partial charge is 0.375 e. The number of esters is 6. The van der Waals surface area contributed by atoms with Crippen molar-refractivity contribution in [2.24, 2.45) is 76.8 Å². The van der Waals surface area contributed by atoms with E-state index >= 15 is 0 Å². The Morgan fingerprint density at radius 2 is 0.746 bits per heavy atom. The fraction of sp³-hybridized carbons (Fsp3) is 0.417. The third-order valence-electron chi connectivity index (χ3n) is 14.5. The minimum Gasteiger partial charge on any atom is -0.460 e. The Morgan fingerprint density at radius 3 is 1.16 bits per heavy atom. The Balaban J connectivity index is 0.000000684. The first-order valence-corrected chi connectivity index (χ1v) is 35.2. The summed E-state index contributed by atoms with van der Waals surface area (Å²) in [6.45, 7) is 13.8. The van der Waals surface area contributed by atoms with E-state index in [4.69, 9.17) is 39.1 Å². The maximum atomic E-state index is 13.3. The molecule has 1 saturated carbocycles. The number of nitrogens with zero attached hydrogens (tertiary/aromatic N) is 6. The number of halogens is 5. The van der Waals surface area contributed by atoms with Crippen LogP contribution in [0, 0.1) is 40.9 Å². The fourth-order valence-corrected chi connectivity index (χ4v) is 8.84. The molecule has 624 valence electrons. The van der Waals surface area contributed by atoms with E-state index < -0.39 is 119 Å². The lowest BCUT2D eigenvalue weighted by molar-refractivity contribution is -0.136. The summed E-state index contributed by atoms with van der Waals surface area (Å²) in [5.74, 6) is -14.3. The van der Waals surface area contributed by atoms with Gasteiger partial charge in [-0.05, 0) is 115 Å². The zero-order valence-electron chi connectivity index (χ0n) is 63.8. The van der Waals surface area contributed by atoms with Crippen molar-refractivity contribution in [3.8, 4) is 0 Å². The van der Waals surface area contributed by atoms with Crippen molar-refractivity contribution in [3.05, 3.63) is 142 Å². The van der Waals surface area contributed by atoms with Crippen LogP contribution < -0.4 is 67.0 Å². The van der Waals surface area contributed by atoms with Gasteiger partial charge in [0.2, 0.25) is 70.5 Å². The van der Waals surface area contributed by atoms with Crippen LogP contribution in [0.5, 0.6) is 0 Å². The molecule has 42 heteroatoms. The summed E-state index contributed by atoms with van der Waals surface area (Å²) in [5, 5.41) is 20.4. The van der Waals surface area contributed by atoms with Gasteiger partial charge in [-0.15, -0.1) is 30.6 Å². The Morgan fingerprint density at radius 1 is 0.404 bits per heavy atom. The number of amides is 6. The van der Waals surface area contributed by atoms with Crippen molar-refractivity contribution >= 4 is 106 Å². The fourth-order valence-electron chi connectivity index (χ4n) is 8.84. The molecule has 114 heavy (non-hydrogen) atoms. The molecule has 2 unspecified atom stereocenters. The number of hydrogen-bond acceptors (Lipinski definition) is 25. The topological polar surface area (TPSA) is 572 Å². The SMILES string of the molecule is CCOC(=O)C(N)=NNC(=O)C(C)c1ccccc1.CCOC(=O)C(N)=NNC(=O)CC1CCCOC1.CCOC(=O)C(N)=NNC(=O)CCC1CCCC1.CCOC(=O)C(N)=NNC(=O)Cc1c(F)cccc1F.CCOC(=O)C(N)=NNC(=O)Cc1cccc(F)c1F.CCOC(=O)C(N)=NNC(=O)Cc1ccccc1F. The molecule has 0 spiro atoms. The van der Waals surface area contributed by atoms with E-state index in [1.807, 2.05) is 41.2 Å². The summed E-state index contributed by atoms with van der Waals surface area (Å²) < 4.78 is 98.8. The van der Waals surface area contributed by atoms with Gasteiger partial charge in [0.05, 0.1) is 64.8 Å². The highest BCUT2D eigenvalue weighted by molar-refractivity contribution is 6.37. The van der Waals surface area contributed by atoms with E-state index in [9.17, 15) is 79.5 Å². The van der Waals surface area contributed by atoms with Gasteiger partial charge in [0.15, 0.2) is 11.6 Å². The van der Waals surface area contributed by atoms with Crippen molar-refractivity contribution in [1.82, 2.24) is 32.6 Å². The average molecular weight is 1610 g/mol. The van der Waals surface area contributed by atoms with E-state index in [-0.39, 0.29) is 104 Å². The lowest BCUT2D eigenvalue weighted by atomic mass is 9.98. The first-order chi connectivity index (χ1) is 54.3. The van der Waals surface area contributed by atoms with E-state index in [2.05, 4.69) is 80.7 Å². The Kier molecular flexibility index (Phi) is 49.5. The predicted molar refractivity (Wildman–Crippen MR) is 403 cm³/mol. The van der Waals surface area contributed by atoms with Crippen LogP contribution in [0.15, 0.2) is 122 Å². The number of rotatable bonds is 25. The minimum absolute atomic E-state index is 0.101. The first-order valence-electron chi connectivity index (χ1n) is 35.2. The van der Waals surface area contributed by atoms with Crippen LogP contribution in [-0.2, 0) is 110 Å². The molecule has 2 aliphatic rings. The number of carbonyl (C=O) groups excluding carboxylic acids is 12. The summed E-state index contributed by atoms with van der Waals surface area (Å²) >= 11 is 0.